The summed E-state index contributed by atoms with van der Waals surface area (Å²) in [5.74, 6) is -0.286. The van der Waals surface area contributed by atoms with Crippen molar-refractivity contribution in [3.05, 3.63) is 28.8 Å². The van der Waals surface area contributed by atoms with Gasteiger partial charge in [0, 0.05) is 31.9 Å². The standard InChI is InChI=1S/C19H26ClN3O3/c1-23(14-5-3-2-4-6-14)19(25)15-8-7-13(11-16(15)20)22-18(24)17-12-21-9-10-26-17/h7-8,11,14,17,21H,2-6,9-10,12H2,1H3,(H,22,24)/t17-/m0/s1. The van der Waals surface area contributed by atoms with Crippen LogP contribution < -0.4 is 10.6 Å². The Kier molecular flexibility index (Phi) is 6.51. The average Bonchev–Trinajstić information content (AvgIpc) is 2.68. The summed E-state index contributed by atoms with van der Waals surface area (Å²) in [5.41, 5.74) is 1.03. The van der Waals surface area contributed by atoms with Gasteiger partial charge in [-0.05, 0) is 31.0 Å². The monoisotopic (exact) mass is 379 g/mol. The van der Waals surface area contributed by atoms with E-state index in [9.17, 15) is 9.59 Å². The number of nitrogens with zero attached hydrogens (tertiary/aromatic N) is 1. The van der Waals surface area contributed by atoms with Gasteiger partial charge in [-0.2, -0.15) is 0 Å². The molecule has 142 valence electrons. The maximum Gasteiger partial charge on any atom is 0.255 e. The van der Waals surface area contributed by atoms with Crippen LogP contribution in [0.25, 0.3) is 0 Å². The molecule has 2 N–H and O–H groups in total. The van der Waals surface area contributed by atoms with E-state index in [0.29, 0.717) is 29.4 Å². The van der Waals surface area contributed by atoms with Crippen LogP contribution in [0, 0.1) is 0 Å². The van der Waals surface area contributed by atoms with Crippen molar-refractivity contribution < 1.29 is 14.3 Å². The quantitative estimate of drug-likeness (QED) is 0.843. The van der Waals surface area contributed by atoms with Crippen molar-refractivity contribution in [2.75, 3.05) is 32.1 Å². The van der Waals surface area contributed by atoms with Crippen LogP contribution in [0.5, 0.6) is 0 Å². The SMILES string of the molecule is CN(C(=O)c1ccc(NC(=O)[C@@H]2CNCCO2)cc1Cl)C1CCCCC1. The molecule has 2 amide bonds. The Bertz CT molecular complexity index is 655. The van der Waals surface area contributed by atoms with E-state index in [4.69, 9.17) is 16.3 Å². The van der Waals surface area contributed by atoms with Crippen molar-refractivity contribution in [2.24, 2.45) is 0 Å². The molecule has 0 aromatic heterocycles. The Balaban J connectivity index is 1.64. The van der Waals surface area contributed by atoms with Gasteiger partial charge in [0.15, 0.2) is 0 Å². The number of halogens is 1. The zero-order valence-electron chi connectivity index (χ0n) is 15.1. The summed E-state index contributed by atoms with van der Waals surface area (Å²) in [6.45, 7) is 1.75. The van der Waals surface area contributed by atoms with Gasteiger partial charge in [-0.25, -0.2) is 0 Å². The highest BCUT2D eigenvalue weighted by atomic mass is 35.5. The zero-order chi connectivity index (χ0) is 18.5. The summed E-state index contributed by atoms with van der Waals surface area (Å²) in [4.78, 5) is 26.8. The normalized spacial score (nSPS) is 21.2. The van der Waals surface area contributed by atoms with E-state index in [1.165, 1.54) is 19.3 Å². The third-order valence-corrected chi connectivity index (χ3v) is 5.44. The van der Waals surface area contributed by atoms with Crippen LogP contribution in [0.2, 0.25) is 5.02 Å². The topological polar surface area (TPSA) is 70.7 Å². The van der Waals surface area contributed by atoms with Gasteiger partial charge in [-0.3, -0.25) is 9.59 Å². The molecule has 0 spiro atoms. The molecule has 6 nitrogen and oxygen atoms in total. The molecule has 1 aromatic rings. The highest BCUT2D eigenvalue weighted by molar-refractivity contribution is 6.34. The molecule has 1 aliphatic carbocycles. The van der Waals surface area contributed by atoms with Gasteiger partial charge in [0.05, 0.1) is 17.2 Å². The minimum atomic E-state index is -0.513. The van der Waals surface area contributed by atoms with E-state index in [1.807, 2.05) is 7.05 Å². The van der Waals surface area contributed by atoms with E-state index in [0.717, 1.165) is 19.4 Å². The second-order valence-electron chi connectivity index (χ2n) is 6.96. The molecule has 1 aliphatic heterocycles. The van der Waals surface area contributed by atoms with Crippen molar-refractivity contribution in [3.63, 3.8) is 0 Å². The van der Waals surface area contributed by atoms with Crippen molar-refractivity contribution in [3.8, 4) is 0 Å². The Morgan fingerprint density at radius 3 is 2.69 bits per heavy atom. The Morgan fingerprint density at radius 1 is 1.27 bits per heavy atom. The fraction of sp³-hybridized carbons (Fsp3) is 0.579. The number of hydrogen-bond acceptors (Lipinski definition) is 4. The van der Waals surface area contributed by atoms with Crippen molar-refractivity contribution in [1.82, 2.24) is 10.2 Å². The number of carbonyl (C=O) groups excluding carboxylic acids is 2. The molecule has 0 radical (unpaired) electrons. The van der Waals surface area contributed by atoms with Crippen LogP contribution in [-0.4, -0.2) is 55.6 Å². The molecule has 1 saturated heterocycles. The number of hydrogen-bond donors (Lipinski definition) is 2. The third kappa shape index (κ3) is 4.55. The van der Waals surface area contributed by atoms with Crippen LogP contribution in [0.15, 0.2) is 18.2 Å². The second-order valence-corrected chi connectivity index (χ2v) is 7.36. The van der Waals surface area contributed by atoms with E-state index >= 15 is 0 Å². The van der Waals surface area contributed by atoms with Crippen LogP contribution >= 0.6 is 11.6 Å². The molecule has 2 aliphatic rings. The number of carbonyl (C=O) groups is 2. The minimum absolute atomic E-state index is 0.0698. The third-order valence-electron chi connectivity index (χ3n) is 5.13. The Hall–Kier alpha value is -1.63. The second kappa shape index (κ2) is 8.84. The number of amides is 2. The van der Waals surface area contributed by atoms with Crippen LogP contribution in [0.3, 0.4) is 0 Å². The highest BCUT2D eigenvalue weighted by Crippen LogP contribution is 2.26. The maximum atomic E-state index is 12.8. The summed E-state index contributed by atoms with van der Waals surface area (Å²) in [6, 6.07) is 5.29. The molecule has 3 rings (SSSR count). The summed E-state index contributed by atoms with van der Waals surface area (Å²) in [7, 11) is 1.84. The summed E-state index contributed by atoms with van der Waals surface area (Å²) in [5, 5.41) is 6.26. The van der Waals surface area contributed by atoms with Crippen molar-refractivity contribution in [2.45, 2.75) is 44.2 Å². The first-order valence-electron chi connectivity index (χ1n) is 9.26. The highest BCUT2D eigenvalue weighted by Gasteiger charge is 2.25. The number of ether oxygens (including phenoxy) is 1. The molecule has 2 fully saturated rings. The first kappa shape index (κ1) is 19.1. The molecule has 26 heavy (non-hydrogen) atoms. The number of rotatable bonds is 4. The number of benzene rings is 1. The molecular weight excluding hydrogens is 354 g/mol. The summed E-state index contributed by atoms with van der Waals surface area (Å²) >= 11 is 6.33. The van der Waals surface area contributed by atoms with Crippen LogP contribution in [0.1, 0.15) is 42.5 Å². The number of nitrogens with one attached hydrogen (secondary N) is 2. The summed E-state index contributed by atoms with van der Waals surface area (Å²) < 4.78 is 5.43. The van der Waals surface area contributed by atoms with Gasteiger partial charge in [-0.1, -0.05) is 30.9 Å². The van der Waals surface area contributed by atoms with Gasteiger partial charge in [0.1, 0.15) is 6.10 Å². The first-order chi connectivity index (χ1) is 12.6. The van der Waals surface area contributed by atoms with E-state index in [2.05, 4.69) is 10.6 Å². The van der Waals surface area contributed by atoms with Crippen molar-refractivity contribution >= 4 is 29.1 Å². The molecular formula is C19H26ClN3O3. The largest absolute Gasteiger partial charge is 0.366 e. The predicted octanol–water partition coefficient (Wildman–Crippen LogP) is 2.67. The number of morpholine rings is 1. The van der Waals surface area contributed by atoms with Gasteiger partial charge in [-0.15, -0.1) is 0 Å². The van der Waals surface area contributed by atoms with E-state index in [-0.39, 0.29) is 17.9 Å². The average molecular weight is 380 g/mol. The fourth-order valence-electron chi connectivity index (χ4n) is 3.55. The Morgan fingerprint density at radius 2 is 2.04 bits per heavy atom. The van der Waals surface area contributed by atoms with Crippen LogP contribution in [0.4, 0.5) is 5.69 Å². The lowest BCUT2D eigenvalue weighted by molar-refractivity contribution is -0.128. The fourth-order valence-corrected chi connectivity index (χ4v) is 3.81. The molecule has 1 aromatic carbocycles. The summed E-state index contributed by atoms with van der Waals surface area (Å²) in [6.07, 6.45) is 5.15. The van der Waals surface area contributed by atoms with Gasteiger partial charge in [0.25, 0.3) is 11.8 Å². The van der Waals surface area contributed by atoms with E-state index in [1.54, 1.807) is 23.1 Å². The van der Waals surface area contributed by atoms with Crippen molar-refractivity contribution in [1.29, 1.82) is 0 Å². The van der Waals surface area contributed by atoms with Gasteiger partial charge >= 0.3 is 0 Å². The molecule has 7 heteroatoms. The molecule has 0 unspecified atom stereocenters. The maximum absolute atomic E-state index is 12.8. The minimum Gasteiger partial charge on any atom is -0.366 e. The first-order valence-corrected chi connectivity index (χ1v) is 9.64. The molecule has 1 saturated carbocycles. The molecule has 1 atom stereocenters. The predicted molar refractivity (Wildman–Crippen MR) is 102 cm³/mol. The van der Waals surface area contributed by atoms with Crippen LogP contribution in [-0.2, 0) is 9.53 Å². The molecule has 0 bridgehead atoms. The number of anilines is 1. The van der Waals surface area contributed by atoms with Gasteiger partial charge in [0.2, 0.25) is 0 Å². The smallest absolute Gasteiger partial charge is 0.255 e. The lowest BCUT2D eigenvalue weighted by atomic mass is 9.94. The van der Waals surface area contributed by atoms with E-state index < -0.39 is 6.10 Å². The van der Waals surface area contributed by atoms with Gasteiger partial charge < -0.3 is 20.3 Å². The Labute approximate surface area is 159 Å². The molecule has 1 heterocycles. The lowest BCUT2D eigenvalue weighted by Crippen LogP contribution is -2.45. The zero-order valence-corrected chi connectivity index (χ0v) is 15.8. The lowest BCUT2D eigenvalue weighted by Gasteiger charge is -2.31.